The highest BCUT2D eigenvalue weighted by Gasteiger charge is 2.25. The first-order valence-corrected chi connectivity index (χ1v) is 9.14. The van der Waals surface area contributed by atoms with Crippen molar-refractivity contribution in [3.8, 4) is 0 Å². The summed E-state index contributed by atoms with van der Waals surface area (Å²) in [7, 11) is 0. The largest absolute Gasteiger partial charge is 0.334 e. The molecular formula is C19H27ClN4O2. The molecule has 142 valence electrons. The third-order valence-electron chi connectivity index (χ3n) is 4.70. The summed E-state index contributed by atoms with van der Waals surface area (Å²) >= 11 is 0. The van der Waals surface area contributed by atoms with E-state index in [4.69, 9.17) is 0 Å². The highest BCUT2D eigenvalue weighted by Crippen LogP contribution is 2.16. The average Bonchev–Trinajstić information content (AvgIpc) is 2.63. The molecule has 26 heavy (non-hydrogen) atoms. The number of unbranched alkanes of at least 4 members (excludes halogenated alkanes) is 2. The van der Waals surface area contributed by atoms with E-state index in [0.717, 1.165) is 25.8 Å². The maximum atomic E-state index is 13.1. The Bertz CT molecular complexity index is 821. The Morgan fingerprint density at radius 3 is 2.69 bits per heavy atom. The molecule has 0 saturated carbocycles. The highest BCUT2D eigenvalue weighted by molar-refractivity contribution is 6.04. The zero-order valence-electron chi connectivity index (χ0n) is 15.4. The summed E-state index contributed by atoms with van der Waals surface area (Å²) in [6.07, 6.45) is 3.01. The first-order valence-electron chi connectivity index (χ1n) is 9.14. The molecule has 6 nitrogen and oxygen atoms in total. The van der Waals surface area contributed by atoms with Gasteiger partial charge in [0.15, 0.2) is 5.69 Å². The lowest BCUT2D eigenvalue weighted by Crippen LogP contribution is -2.51. The number of benzene rings is 1. The van der Waals surface area contributed by atoms with Crippen molar-refractivity contribution in [2.45, 2.75) is 45.7 Å². The Balaban J connectivity index is 0.00000243. The van der Waals surface area contributed by atoms with Crippen LogP contribution in [0.1, 0.15) is 43.6 Å². The van der Waals surface area contributed by atoms with E-state index in [-0.39, 0.29) is 29.9 Å². The predicted octanol–water partition coefficient (Wildman–Crippen LogP) is 2.44. The monoisotopic (exact) mass is 378 g/mol. The fraction of sp³-hybridized carbons (Fsp3) is 0.526. The number of nitrogens with one attached hydrogen (secondary N) is 1. The third kappa shape index (κ3) is 4.24. The van der Waals surface area contributed by atoms with Gasteiger partial charge in [0.2, 0.25) is 0 Å². The van der Waals surface area contributed by atoms with E-state index >= 15 is 0 Å². The molecule has 1 N–H and O–H groups in total. The average molecular weight is 379 g/mol. The topological polar surface area (TPSA) is 67.2 Å². The van der Waals surface area contributed by atoms with E-state index in [2.05, 4.69) is 24.3 Å². The molecule has 1 aliphatic rings. The van der Waals surface area contributed by atoms with Gasteiger partial charge in [0.25, 0.3) is 11.5 Å². The number of nitrogens with zero attached hydrogens (tertiary/aromatic N) is 3. The number of hydrogen-bond acceptors (Lipinski definition) is 4. The van der Waals surface area contributed by atoms with E-state index in [1.54, 1.807) is 6.07 Å². The van der Waals surface area contributed by atoms with Crippen LogP contribution < -0.4 is 10.9 Å². The number of aromatic nitrogens is 2. The predicted molar refractivity (Wildman–Crippen MR) is 106 cm³/mol. The second kappa shape index (κ2) is 9.14. The van der Waals surface area contributed by atoms with Crippen molar-refractivity contribution < 1.29 is 4.79 Å². The molecule has 1 unspecified atom stereocenters. The number of aryl methyl sites for hydroxylation is 1. The summed E-state index contributed by atoms with van der Waals surface area (Å²) in [5, 5.41) is 9.02. The lowest BCUT2D eigenvalue weighted by molar-refractivity contribution is 0.0702. The van der Waals surface area contributed by atoms with Crippen molar-refractivity contribution in [2.75, 3.05) is 19.6 Å². The SMILES string of the molecule is CCCCCn1nc(C(=O)N2CCNC(C)C2)c2ccccc2c1=O.Cl. The van der Waals surface area contributed by atoms with Gasteiger partial charge in [0.1, 0.15) is 0 Å². The molecule has 2 heterocycles. The number of amides is 1. The molecule has 0 radical (unpaired) electrons. The summed E-state index contributed by atoms with van der Waals surface area (Å²) in [6, 6.07) is 7.55. The molecule has 2 aromatic rings. The van der Waals surface area contributed by atoms with Crippen LogP contribution in [0, 0.1) is 0 Å². The minimum absolute atomic E-state index is 0. The van der Waals surface area contributed by atoms with Crippen molar-refractivity contribution in [2.24, 2.45) is 0 Å². The maximum Gasteiger partial charge on any atom is 0.275 e. The van der Waals surface area contributed by atoms with Gasteiger partial charge in [-0.25, -0.2) is 4.68 Å². The molecular weight excluding hydrogens is 352 g/mol. The summed E-state index contributed by atoms with van der Waals surface area (Å²) in [4.78, 5) is 27.6. The number of carbonyl (C=O) groups is 1. The van der Waals surface area contributed by atoms with E-state index in [1.165, 1.54) is 4.68 Å². The lowest BCUT2D eigenvalue weighted by atomic mass is 10.1. The van der Waals surface area contributed by atoms with Crippen LogP contribution in [0.5, 0.6) is 0 Å². The van der Waals surface area contributed by atoms with Crippen LogP contribution in [0.25, 0.3) is 10.8 Å². The lowest BCUT2D eigenvalue weighted by Gasteiger charge is -2.31. The Kier molecular flexibility index (Phi) is 7.17. The van der Waals surface area contributed by atoms with Crippen LogP contribution >= 0.6 is 12.4 Å². The number of carbonyl (C=O) groups excluding carboxylic acids is 1. The molecule has 1 aliphatic heterocycles. The third-order valence-corrected chi connectivity index (χ3v) is 4.70. The summed E-state index contributed by atoms with van der Waals surface area (Å²) < 4.78 is 1.47. The standard InChI is InChI=1S/C19H26N4O2.ClH/c1-3-4-7-11-23-18(24)16-9-6-5-8-15(16)17(21-23)19(25)22-12-10-20-14(2)13-22;/h5-6,8-9,14,20H,3-4,7,10-13H2,1-2H3;1H. The fourth-order valence-corrected chi connectivity index (χ4v) is 3.32. The van der Waals surface area contributed by atoms with E-state index in [9.17, 15) is 9.59 Å². The van der Waals surface area contributed by atoms with E-state index < -0.39 is 0 Å². The summed E-state index contributed by atoms with van der Waals surface area (Å²) in [5.41, 5.74) is 0.276. The summed E-state index contributed by atoms with van der Waals surface area (Å²) in [6.45, 7) is 6.84. The highest BCUT2D eigenvalue weighted by atomic mass is 35.5. The molecule has 3 rings (SSSR count). The molecule has 1 aromatic carbocycles. The van der Waals surface area contributed by atoms with Crippen LogP contribution in [0.4, 0.5) is 0 Å². The number of fused-ring (bicyclic) bond motifs is 1. The Hall–Kier alpha value is -1.92. The number of rotatable bonds is 5. The smallest absolute Gasteiger partial charge is 0.275 e. The van der Waals surface area contributed by atoms with Crippen molar-refractivity contribution in [3.63, 3.8) is 0 Å². The molecule has 1 saturated heterocycles. The van der Waals surface area contributed by atoms with E-state index in [1.807, 2.05) is 23.1 Å². The van der Waals surface area contributed by atoms with Crippen LogP contribution in [0.2, 0.25) is 0 Å². The van der Waals surface area contributed by atoms with Gasteiger partial charge in [-0.15, -0.1) is 12.4 Å². The minimum atomic E-state index is -0.114. The number of halogens is 1. The van der Waals surface area contributed by atoms with Crippen LogP contribution in [-0.4, -0.2) is 46.3 Å². The van der Waals surface area contributed by atoms with Gasteiger partial charge >= 0.3 is 0 Å². The Labute approximate surface area is 160 Å². The molecule has 1 atom stereocenters. The fourth-order valence-electron chi connectivity index (χ4n) is 3.32. The van der Waals surface area contributed by atoms with Gasteiger partial charge in [0.05, 0.1) is 5.39 Å². The number of hydrogen-bond donors (Lipinski definition) is 1. The molecule has 0 aliphatic carbocycles. The second-order valence-electron chi connectivity index (χ2n) is 6.74. The van der Waals surface area contributed by atoms with Gasteiger partial charge < -0.3 is 10.2 Å². The van der Waals surface area contributed by atoms with Crippen molar-refractivity contribution in [3.05, 3.63) is 40.3 Å². The first-order chi connectivity index (χ1) is 12.1. The molecule has 0 bridgehead atoms. The van der Waals surface area contributed by atoms with Crippen LogP contribution in [0.3, 0.4) is 0 Å². The van der Waals surface area contributed by atoms with Gasteiger partial charge in [-0.3, -0.25) is 9.59 Å². The quantitative estimate of drug-likeness (QED) is 0.811. The van der Waals surface area contributed by atoms with Crippen molar-refractivity contribution in [1.82, 2.24) is 20.0 Å². The van der Waals surface area contributed by atoms with Crippen molar-refractivity contribution in [1.29, 1.82) is 0 Å². The van der Waals surface area contributed by atoms with Crippen LogP contribution in [0.15, 0.2) is 29.1 Å². The molecule has 1 fully saturated rings. The molecule has 7 heteroatoms. The maximum absolute atomic E-state index is 13.1. The Morgan fingerprint density at radius 1 is 1.27 bits per heavy atom. The minimum Gasteiger partial charge on any atom is -0.334 e. The van der Waals surface area contributed by atoms with Crippen molar-refractivity contribution >= 4 is 29.1 Å². The van der Waals surface area contributed by atoms with Gasteiger partial charge in [-0.2, -0.15) is 5.10 Å². The van der Waals surface area contributed by atoms with E-state index in [0.29, 0.717) is 36.1 Å². The van der Waals surface area contributed by atoms with Gasteiger partial charge in [-0.1, -0.05) is 38.0 Å². The normalized spacial score (nSPS) is 17.2. The molecule has 1 aromatic heterocycles. The zero-order valence-corrected chi connectivity index (χ0v) is 16.2. The Morgan fingerprint density at radius 2 is 2.00 bits per heavy atom. The van der Waals surface area contributed by atoms with Gasteiger partial charge in [-0.05, 0) is 19.4 Å². The second-order valence-corrected chi connectivity index (χ2v) is 6.74. The zero-order chi connectivity index (χ0) is 17.8. The van der Waals surface area contributed by atoms with Crippen LogP contribution in [-0.2, 0) is 6.54 Å². The number of piperazine rings is 1. The molecule has 1 amide bonds. The summed E-state index contributed by atoms with van der Waals surface area (Å²) in [5.74, 6) is -0.0891. The van der Waals surface area contributed by atoms with Gasteiger partial charge in [0, 0.05) is 37.6 Å². The molecule has 0 spiro atoms. The first kappa shape index (κ1) is 20.4.